The van der Waals surface area contributed by atoms with Crippen molar-refractivity contribution in [1.82, 2.24) is 0 Å². The Morgan fingerprint density at radius 3 is 2.67 bits per heavy atom. The average molecular weight is 210 g/mol. The van der Waals surface area contributed by atoms with Gasteiger partial charge in [-0.2, -0.15) is 0 Å². The third-order valence-electron chi connectivity index (χ3n) is 3.44. The van der Waals surface area contributed by atoms with Crippen molar-refractivity contribution in [2.75, 3.05) is 0 Å². The number of rotatable bonds is 3. The molecule has 0 heterocycles. The van der Waals surface area contributed by atoms with Crippen molar-refractivity contribution in [3.8, 4) is 0 Å². The lowest BCUT2D eigenvalue weighted by Gasteiger charge is -2.38. The monoisotopic (exact) mass is 210 g/mol. The highest BCUT2D eigenvalue weighted by Crippen LogP contribution is 2.36. The fraction of sp³-hybridized carbons (Fsp3) is 0.769. The lowest BCUT2D eigenvalue weighted by Crippen LogP contribution is -2.37. The molecule has 2 nitrogen and oxygen atoms in total. The Balaban J connectivity index is 2.66. The molecule has 0 N–H and O–H groups in total. The molecule has 0 aromatic heterocycles. The van der Waals surface area contributed by atoms with Gasteiger partial charge in [-0.05, 0) is 24.7 Å². The van der Waals surface area contributed by atoms with Gasteiger partial charge < -0.3 is 4.74 Å². The first-order chi connectivity index (χ1) is 7.06. The number of hydrogen-bond donors (Lipinski definition) is 0. The zero-order chi connectivity index (χ0) is 11.4. The van der Waals surface area contributed by atoms with Crippen LogP contribution in [0.25, 0.3) is 0 Å². The molecule has 1 fully saturated rings. The van der Waals surface area contributed by atoms with Crippen molar-refractivity contribution in [3.05, 3.63) is 12.7 Å². The van der Waals surface area contributed by atoms with Crippen LogP contribution in [0.15, 0.2) is 12.7 Å². The van der Waals surface area contributed by atoms with Gasteiger partial charge in [0.25, 0.3) is 0 Å². The van der Waals surface area contributed by atoms with Crippen molar-refractivity contribution in [2.45, 2.75) is 46.1 Å². The Hall–Kier alpha value is -0.790. The van der Waals surface area contributed by atoms with Gasteiger partial charge >= 0.3 is 5.97 Å². The van der Waals surface area contributed by atoms with E-state index >= 15 is 0 Å². The molecule has 3 unspecified atom stereocenters. The molecule has 0 aliphatic heterocycles. The van der Waals surface area contributed by atoms with Crippen LogP contribution in [-0.4, -0.2) is 12.1 Å². The third-order valence-corrected chi connectivity index (χ3v) is 3.44. The minimum absolute atomic E-state index is 0.0965. The summed E-state index contributed by atoms with van der Waals surface area (Å²) in [6.07, 6.45) is 4.78. The van der Waals surface area contributed by atoms with Crippen molar-refractivity contribution >= 4 is 5.97 Å². The molecule has 0 aromatic rings. The van der Waals surface area contributed by atoms with Crippen molar-refractivity contribution in [2.24, 2.45) is 17.8 Å². The molecule has 1 saturated carbocycles. The molecular weight excluding hydrogens is 188 g/mol. The van der Waals surface area contributed by atoms with Crippen LogP contribution in [0, 0.1) is 17.8 Å². The molecule has 1 aliphatic carbocycles. The Morgan fingerprint density at radius 2 is 2.13 bits per heavy atom. The molecule has 0 saturated heterocycles. The van der Waals surface area contributed by atoms with E-state index in [1.165, 1.54) is 18.9 Å². The van der Waals surface area contributed by atoms with Crippen LogP contribution in [-0.2, 0) is 9.53 Å². The van der Waals surface area contributed by atoms with Gasteiger partial charge in [-0.3, -0.25) is 0 Å². The highest BCUT2D eigenvalue weighted by molar-refractivity contribution is 5.81. The standard InChI is InChI=1S/C13H22O2/c1-5-12(14)15-11-8-6-7-10(4)13(11)9(2)3/h5,9-11,13H,1,6-8H2,2-4H3. The van der Waals surface area contributed by atoms with Gasteiger partial charge in [-0.25, -0.2) is 4.79 Å². The first-order valence-electron chi connectivity index (χ1n) is 5.89. The summed E-state index contributed by atoms with van der Waals surface area (Å²) in [7, 11) is 0. The van der Waals surface area contributed by atoms with E-state index in [1.807, 2.05) is 0 Å². The molecule has 0 radical (unpaired) electrons. The van der Waals surface area contributed by atoms with Crippen molar-refractivity contribution < 1.29 is 9.53 Å². The number of hydrogen-bond acceptors (Lipinski definition) is 2. The second kappa shape index (κ2) is 5.34. The maximum Gasteiger partial charge on any atom is 0.330 e. The Kier molecular flexibility index (Phi) is 4.37. The second-order valence-corrected chi connectivity index (χ2v) is 4.91. The molecule has 1 rings (SSSR count). The topological polar surface area (TPSA) is 26.3 Å². The summed E-state index contributed by atoms with van der Waals surface area (Å²) in [5.74, 6) is 1.45. The molecule has 0 amide bonds. The van der Waals surface area contributed by atoms with Crippen molar-refractivity contribution in [3.63, 3.8) is 0 Å². The van der Waals surface area contributed by atoms with Crippen molar-refractivity contribution in [1.29, 1.82) is 0 Å². The zero-order valence-electron chi connectivity index (χ0n) is 10.0. The van der Waals surface area contributed by atoms with E-state index in [0.717, 1.165) is 6.42 Å². The summed E-state index contributed by atoms with van der Waals surface area (Å²) < 4.78 is 5.43. The largest absolute Gasteiger partial charge is 0.459 e. The second-order valence-electron chi connectivity index (χ2n) is 4.91. The van der Waals surface area contributed by atoms with Gasteiger partial charge in [0.15, 0.2) is 0 Å². The third kappa shape index (κ3) is 3.08. The van der Waals surface area contributed by atoms with E-state index in [2.05, 4.69) is 27.4 Å². The molecular formula is C13H22O2. The maximum absolute atomic E-state index is 11.2. The highest BCUT2D eigenvalue weighted by atomic mass is 16.5. The van der Waals surface area contributed by atoms with E-state index in [-0.39, 0.29) is 12.1 Å². The van der Waals surface area contributed by atoms with Crippen LogP contribution in [0.1, 0.15) is 40.0 Å². The van der Waals surface area contributed by atoms with Gasteiger partial charge in [-0.1, -0.05) is 33.8 Å². The van der Waals surface area contributed by atoms with E-state index in [0.29, 0.717) is 17.8 Å². The Labute approximate surface area is 92.7 Å². The van der Waals surface area contributed by atoms with E-state index in [1.54, 1.807) is 0 Å². The Bertz CT molecular complexity index is 233. The molecule has 0 spiro atoms. The normalized spacial score (nSPS) is 31.3. The van der Waals surface area contributed by atoms with E-state index < -0.39 is 0 Å². The smallest absolute Gasteiger partial charge is 0.330 e. The quantitative estimate of drug-likeness (QED) is 0.528. The SMILES string of the molecule is C=CC(=O)OC1CCCC(C)C1C(C)C. The number of ether oxygens (including phenoxy) is 1. The molecule has 86 valence electrons. The van der Waals surface area contributed by atoms with Crippen LogP contribution < -0.4 is 0 Å². The fourth-order valence-electron chi connectivity index (χ4n) is 2.81. The highest BCUT2D eigenvalue weighted by Gasteiger charge is 2.34. The van der Waals surface area contributed by atoms with Crippen LogP contribution in [0.3, 0.4) is 0 Å². The average Bonchev–Trinajstić information content (AvgIpc) is 2.17. The van der Waals surface area contributed by atoms with Gasteiger partial charge in [0.2, 0.25) is 0 Å². The van der Waals surface area contributed by atoms with Gasteiger partial charge in [0, 0.05) is 12.0 Å². The maximum atomic E-state index is 11.2. The summed E-state index contributed by atoms with van der Waals surface area (Å²) in [6, 6.07) is 0. The fourth-order valence-corrected chi connectivity index (χ4v) is 2.81. The first kappa shape index (κ1) is 12.3. The minimum Gasteiger partial charge on any atom is -0.459 e. The lowest BCUT2D eigenvalue weighted by atomic mass is 9.72. The van der Waals surface area contributed by atoms with Gasteiger partial charge in [0.1, 0.15) is 6.10 Å². The summed E-state index contributed by atoms with van der Waals surface area (Å²) >= 11 is 0. The van der Waals surface area contributed by atoms with Crippen LogP contribution in [0.4, 0.5) is 0 Å². The first-order valence-corrected chi connectivity index (χ1v) is 5.89. The number of carbonyl (C=O) groups excluding carboxylic acids is 1. The predicted molar refractivity (Wildman–Crippen MR) is 61.4 cm³/mol. The molecule has 2 heteroatoms. The van der Waals surface area contributed by atoms with Crippen LogP contribution in [0.2, 0.25) is 0 Å². The molecule has 15 heavy (non-hydrogen) atoms. The predicted octanol–water partition coefficient (Wildman–Crippen LogP) is 3.18. The molecule has 3 atom stereocenters. The van der Waals surface area contributed by atoms with Gasteiger partial charge in [-0.15, -0.1) is 0 Å². The van der Waals surface area contributed by atoms with Gasteiger partial charge in [0.05, 0.1) is 0 Å². The van der Waals surface area contributed by atoms with Crippen LogP contribution >= 0.6 is 0 Å². The number of esters is 1. The molecule has 1 aliphatic rings. The molecule has 0 aromatic carbocycles. The molecule has 0 bridgehead atoms. The summed E-state index contributed by atoms with van der Waals surface area (Å²) in [5.41, 5.74) is 0. The van der Waals surface area contributed by atoms with Crippen LogP contribution in [0.5, 0.6) is 0 Å². The minimum atomic E-state index is -0.278. The lowest BCUT2D eigenvalue weighted by molar-refractivity contribution is -0.150. The summed E-state index contributed by atoms with van der Waals surface area (Å²) in [6.45, 7) is 10.1. The van der Waals surface area contributed by atoms with E-state index in [9.17, 15) is 4.79 Å². The van der Waals surface area contributed by atoms with E-state index in [4.69, 9.17) is 4.74 Å². The number of carbonyl (C=O) groups is 1. The zero-order valence-corrected chi connectivity index (χ0v) is 10.0. The summed E-state index contributed by atoms with van der Waals surface area (Å²) in [5, 5.41) is 0. The summed E-state index contributed by atoms with van der Waals surface area (Å²) in [4.78, 5) is 11.2. The Morgan fingerprint density at radius 1 is 1.47 bits per heavy atom.